The molecule has 0 bridgehead atoms. The van der Waals surface area contributed by atoms with Gasteiger partial charge in [0, 0.05) is 31.4 Å². The van der Waals surface area contributed by atoms with Gasteiger partial charge in [-0.15, -0.1) is 0 Å². The summed E-state index contributed by atoms with van der Waals surface area (Å²) in [7, 11) is 0. The summed E-state index contributed by atoms with van der Waals surface area (Å²) in [6, 6.07) is 0. The first kappa shape index (κ1) is 12.0. The standard InChI is InChI=1S/C12H14ClN3O/c1-2-11(17)16-5-3-9(4-6-16)12-14-7-10(13)8-15-12/h2,7-9H,1,3-6H2. The zero-order valence-corrected chi connectivity index (χ0v) is 10.2. The molecule has 2 rings (SSSR count). The van der Waals surface area contributed by atoms with Crippen molar-refractivity contribution in [3.05, 3.63) is 35.9 Å². The third-order valence-electron chi connectivity index (χ3n) is 2.99. The maximum Gasteiger partial charge on any atom is 0.245 e. The van der Waals surface area contributed by atoms with Gasteiger partial charge in [-0.2, -0.15) is 0 Å². The van der Waals surface area contributed by atoms with Crippen molar-refractivity contribution in [2.75, 3.05) is 13.1 Å². The number of carbonyl (C=O) groups is 1. The van der Waals surface area contributed by atoms with E-state index in [1.54, 1.807) is 17.3 Å². The fraction of sp³-hybridized carbons (Fsp3) is 0.417. The van der Waals surface area contributed by atoms with E-state index in [4.69, 9.17) is 11.6 Å². The molecular weight excluding hydrogens is 238 g/mol. The predicted molar refractivity (Wildman–Crippen MR) is 65.8 cm³/mol. The maximum atomic E-state index is 11.4. The number of halogens is 1. The second-order valence-corrected chi connectivity index (χ2v) is 4.50. The number of rotatable bonds is 2. The number of hydrogen-bond acceptors (Lipinski definition) is 3. The largest absolute Gasteiger partial charge is 0.339 e. The highest BCUT2D eigenvalue weighted by molar-refractivity contribution is 6.30. The highest BCUT2D eigenvalue weighted by atomic mass is 35.5. The second kappa shape index (κ2) is 5.27. The molecule has 0 aromatic carbocycles. The summed E-state index contributed by atoms with van der Waals surface area (Å²) < 4.78 is 0. The molecule has 0 N–H and O–H groups in total. The van der Waals surface area contributed by atoms with Gasteiger partial charge in [0.15, 0.2) is 0 Å². The minimum Gasteiger partial charge on any atom is -0.339 e. The van der Waals surface area contributed by atoms with Crippen molar-refractivity contribution >= 4 is 17.5 Å². The van der Waals surface area contributed by atoms with Gasteiger partial charge in [0.2, 0.25) is 5.91 Å². The fourth-order valence-electron chi connectivity index (χ4n) is 2.02. The number of piperidine rings is 1. The molecule has 0 unspecified atom stereocenters. The molecule has 5 heteroatoms. The molecule has 1 aliphatic heterocycles. The molecule has 0 radical (unpaired) electrons. The van der Waals surface area contributed by atoms with Gasteiger partial charge in [0.25, 0.3) is 0 Å². The van der Waals surface area contributed by atoms with Crippen LogP contribution in [0.2, 0.25) is 5.02 Å². The number of likely N-dealkylation sites (tertiary alicyclic amines) is 1. The topological polar surface area (TPSA) is 46.1 Å². The van der Waals surface area contributed by atoms with E-state index in [-0.39, 0.29) is 5.91 Å². The molecule has 0 atom stereocenters. The van der Waals surface area contributed by atoms with Crippen LogP contribution in [0.15, 0.2) is 25.0 Å². The molecule has 4 nitrogen and oxygen atoms in total. The van der Waals surface area contributed by atoms with Gasteiger partial charge in [0.05, 0.1) is 5.02 Å². The number of carbonyl (C=O) groups excluding carboxylic acids is 1. The minimum atomic E-state index is 0.000439. The molecule has 1 aliphatic rings. The van der Waals surface area contributed by atoms with Crippen LogP contribution in [0.1, 0.15) is 24.6 Å². The Morgan fingerprint density at radius 1 is 1.41 bits per heavy atom. The van der Waals surface area contributed by atoms with E-state index in [9.17, 15) is 4.79 Å². The average molecular weight is 252 g/mol. The molecule has 90 valence electrons. The third kappa shape index (κ3) is 2.82. The van der Waals surface area contributed by atoms with Crippen molar-refractivity contribution in [3.63, 3.8) is 0 Å². The average Bonchev–Trinajstić information content (AvgIpc) is 2.39. The monoisotopic (exact) mass is 251 g/mol. The van der Waals surface area contributed by atoms with Crippen LogP contribution in [-0.4, -0.2) is 33.9 Å². The normalized spacial score (nSPS) is 16.9. The third-order valence-corrected chi connectivity index (χ3v) is 3.18. The van der Waals surface area contributed by atoms with Gasteiger partial charge in [-0.3, -0.25) is 4.79 Å². The van der Waals surface area contributed by atoms with Crippen LogP contribution in [0.4, 0.5) is 0 Å². The van der Waals surface area contributed by atoms with Crippen LogP contribution in [0.5, 0.6) is 0 Å². The highest BCUT2D eigenvalue weighted by Gasteiger charge is 2.24. The van der Waals surface area contributed by atoms with Crippen LogP contribution in [-0.2, 0) is 4.79 Å². The summed E-state index contributed by atoms with van der Waals surface area (Å²) in [5.74, 6) is 1.14. The van der Waals surface area contributed by atoms with Crippen LogP contribution < -0.4 is 0 Å². The van der Waals surface area contributed by atoms with Gasteiger partial charge in [-0.1, -0.05) is 18.2 Å². The highest BCUT2D eigenvalue weighted by Crippen LogP contribution is 2.25. The van der Waals surface area contributed by atoms with E-state index >= 15 is 0 Å². The first-order valence-corrected chi connectivity index (χ1v) is 5.97. The van der Waals surface area contributed by atoms with E-state index in [0.29, 0.717) is 10.9 Å². The Bertz CT molecular complexity index is 410. The predicted octanol–water partition coefficient (Wildman–Crippen LogP) is 2.02. The quantitative estimate of drug-likeness (QED) is 0.756. The van der Waals surface area contributed by atoms with Crippen molar-refractivity contribution in [2.45, 2.75) is 18.8 Å². The Morgan fingerprint density at radius 2 is 2.00 bits per heavy atom. The molecular formula is C12H14ClN3O. The molecule has 17 heavy (non-hydrogen) atoms. The Morgan fingerprint density at radius 3 is 2.53 bits per heavy atom. The van der Waals surface area contributed by atoms with Crippen molar-refractivity contribution in [1.82, 2.24) is 14.9 Å². The minimum absolute atomic E-state index is 0.000439. The zero-order valence-electron chi connectivity index (χ0n) is 9.47. The molecule has 0 spiro atoms. The number of hydrogen-bond donors (Lipinski definition) is 0. The summed E-state index contributed by atoms with van der Waals surface area (Å²) in [6.45, 7) is 4.97. The molecule has 0 aliphatic carbocycles. The van der Waals surface area contributed by atoms with Crippen molar-refractivity contribution in [1.29, 1.82) is 0 Å². The fourth-order valence-corrected chi connectivity index (χ4v) is 2.12. The lowest BCUT2D eigenvalue weighted by Crippen LogP contribution is -2.37. The first-order chi connectivity index (χ1) is 8.20. The van der Waals surface area contributed by atoms with E-state index in [1.807, 2.05) is 0 Å². The van der Waals surface area contributed by atoms with Gasteiger partial charge in [0.1, 0.15) is 5.82 Å². The number of amides is 1. The Labute approximate surface area is 105 Å². The smallest absolute Gasteiger partial charge is 0.245 e. The zero-order chi connectivity index (χ0) is 12.3. The van der Waals surface area contributed by atoms with Gasteiger partial charge in [-0.05, 0) is 18.9 Å². The number of nitrogens with zero attached hydrogens (tertiary/aromatic N) is 3. The maximum absolute atomic E-state index is 11.4. The van der Waals surface area contributed by atoms with Crippen molar-refractivity contribution < 1.29 is 4.79 Å². The molecule has 1 fully saturated rings. The van der Waals surface area contributed by atoms with Crippen molar-refractivity contribution in [2.24, 2.45) is 0 Å². The summed E-state index contributed by atoms with van der Waals surface area (Å²) in [5.41, 5.74) is 0. The molecule has 1 aromatic heterocycles. The van der Waals surface area contributed by atoms with Gasteiger partial charge < -0.3 is 4.90 Å². The molecule has 1 aromatic rings. The molecule has 1 saturated heterocycles. The molecule has 1 amide bonds. The first-order valence-electron chi connectivity index (χ1n) is 5.59. The lowest BCUT2D eigenvalue weighted by molar-refractivity contribution is -0.127. The lowest BCUT2D eigenvalue weighted by atomic mass is 9.96. The lowest BCUT2D eigenvalue weighted by Gasteiger charge is -2.30. The second-order valence-electron chi connectivity index (χ2n) is 4.06. The summed E-state index contributed by atoms with van der Waals surface area (Å²) in [6.07, 6.45) is 6.37. The Kier molecular flexibility index (Phi) is 3.74. The SMILES string of the molecule is C=CC(=O)N1CCC(c2ncc(Cl)cn2)CC1. The van der Waals surface area contributed by atoms with Gasteiger partial charge in [-0.25, -0.2) is 9.97 Å². The van der Waals surface area contributed by atoms with Crippen LogP contribution >= 0.6 is 11.6 Å². The Balaban J connectivity index is 1.97. The summed E-state index contributed by atoms with van der Waals surface area (Å²) in [5, 5.41) is 0.549. The number of aromatic nitrogens is 2. The van der Waals surface area contributed by atoms with E-state index in [0.717, 1.165) is 31.8 Å². The van der Waals surface area contributed by atoms with E-state index in [1.165, 1.54) is 6.08 Å². The molecule has 2 heterocycles. The van der Waals surface area contributed by atoms with E-state index < -0.39 is 0 Å². The van der Waals surface area contributed by atoms with Crippen molar-refractivity contribution in [3.8, 4) is 0 Å². The molecule has 0 saturated carbocycles. The van der Waals surface area contributed by atoms with Crippen LogP contribution in [0.25, 0.3) is 0 Å². The summed E-state index contributed by atoms with van der Waals surface area (Å²) in [4.78, 5) is 21.7. The van der Waals surface area contributed by atoms with Crippen LogP contribution in [0.3, 0.4) is 0 Å². The summed E-state index contributed by atoms with van der Waals surface area (Å²) >= 11 is 5.75. The van der Waals surface area contributed by atoms with E-state index in [2.05, 4.69) is 16.5 Å². The van der Waals surface area contributed by atoms with Crippen LogP contribution in [0, 0.1) is 0 Å². The van der Waals surface area contributed by atoms with Gasteiger partial charge >= 0.3 is 0 Å². The Hall–Kier alpha value is -1.42.